The quantitative estimate of drug-likeness (QED) is 0.389. The number of nitro benzene ring substituents is 1. The second kappa shape index (κ2) is 5.94. The van der Waals surface area contributed by atoms with Gasteiger partial charge >= 0.3 is 0 Å². The molecule has 2 rings (SSSR count). The molecule has 9 heteroatoms. The van der Waals surface area contributed by atoms with Crippen molar-refractivity contribution in [2.24, 2.45) is 0 Å². The van der Waals surface area contributed by atoms with E-state index in [1.54, 1.807) is 0 Å². The van der Waals surface area contributed by atoms with Gasteiger partial charge in [0.2, 0.25) is 0 Å². The third-order valence-corrected chi connectivity index (χ3v) is 2.98. The molecular formula is C12H7Cl2N3O4. The third-order valence-electron chi connectivity index (χ3n) is 2.47. The van der Waals surface area contributed by atoms with Crippen LogP contribution in [0.15, 0.2) is 30.3 Å². The van der Waals surface area contributed by atoms with Gasteiger partial charge in [-0.25, -0.2) is 4.98 Å². The van der Waals surface area contributed by atoms with Crippen molar-refractivity contribution in [2.75, 3.05) is 5.32 Å². The van der Waals surface area contributed by atoms with Crippen LogP contribution in [0.3, 0.4) is 0 Å². The number of carbonyl (C=O) groups excluding carboxylic acids is 1. The number of nitro groups is 1. The molecule has 0 aliphatic heterocycles. The number of halogens is 2. The Labute approximate surface area is 128 Å². The molecule has 21 heavy (non-hydrogen) atoms. The summed E-state index contributed by atoms with van der Waals surface area (Å²) in [6.07, 6.45) is 0. The van der Waals surface area contributed by atoms with Crippen LogP contribution in [0.25, 0.3) is 0 Å². The van der Waals surface area contributed by atoms with Crippen LogP contribution in [-0.2, 0) is 0 Å². The topological polar surface area (TPSA) is 105 Å². The standard InChI is InChI=1S/C12H7Cl2N3O4/c13-7-2-4-10(14)16-11(7)12(19)15-8-3-1-6(17(20)21)5-9(8)18/h1-5,18H,(H,15,19). The fourth-order valence-corrected chi connectivity index (χ4v) is 1.84. The van der Waals surface area contributed by atoms with Crippen LogP contribution >= 0.6 is 23.2 Å². The predicted molar refractivity (Wildman–Crippen MR) is 77.0 cm³/mol. The highest BCUT2D eigenvalue weighted by Crippen LogP contribution is 2.28. The third kappa shape index (κ3) is 3.39. The Morgan fingerprint density at radius 1 is 1.29 bits per heavy atom. The molecule has 0 aliphatic carbocycles. The zero-order valence-electron chi connectivity index (χ0n) is 10.2. The van der Waals surface area contributed by atoms with Gasteiger partial charge in [-0.1, -0.05) is 23.2 Å². The molecule has 2 aromatic rings. The van der Waals surface area contributed by atoms with Crippen molar-refractivity contribution < 1.29 is 14.8 Å². The van der Waals surface area contributed by atoms with E-state index in [0.29, 0.717) is 0 Å². The molecule has 0 unspecified atom stereocenters. The average Bonchev–Trinajstić information content (AvgIpc) is 2.43. The number of phenolic OH excluding ortho intramolecular Hbond substituents is 1. The summed E-state index contributed by atoms with van der Waals surface area (Å²) in [5, 5.41) is 22.7. The van der Waals surface area contributed by atoms with Crippen LogP contribution in [0.5, 0.6) is 5.75 Å². The number of pyridine rings is 1. The molecule has 7 nitrogen and oxygen atoms in total. The van der Waals surface area contributed by atoms with Gasteiger partial charge in [0.15, 0.2) is 0 Å². The largest absolute Gasteiger partial charge is 0.506 e. The van der Waals surface area contributed by atoms with Crippen molar-refractivity contribution in [3.8, 4) is 5.75 Å². The molecule has 0 fully saturated rings. The number of non-ortho nitro benzene ring substituents is 1. The molecule has 0 saturated carbocycles. The normalized spacial score (nSPS) is 10.2. The number of aromatic nitrogens is 1. The molecule has 2 N–H and O–H groups in total. The van der Waals surface area contributed by atoms with Crippen molar-refractivity contribution in [1.29, 1.82) is 0 Å². The maximum Gasteiger partial charge on any atom is 0.275 e. The van der Waals surface area contributed by atoms with E-state index >= 15 is 0 Å². The van der Waals surface area contributed by atoms with E-state index in [4.69, 9.17) is 23.2 Å². The van der Waals surface area contributed by atoms with E-state index in [1.807, 2.05) is 0 Å². The average molecular weight is 328 g/mol. The van der Waals surface area contributed by atoms with Gasteiger partial charge in [-0.2, -0.15) is 0 Å². The lowest BCUT2D eigenvalue weighted by atomic mass is 10.2. The molecule has 0 bridgehead atoms. The lowest BCUT2D eigenvalue weighted by molar-refractivity contribution is -0.384. The molecule has 0 spiro atoms. The minimum absolute atomic E-state index is 0.0107. The van der Waals surface area contributed by atoms with Gasteiger partial charge in [-0.15, -0.1) is 0 Å². The van der Waals surface area contributed by atoms with E-state index in [-0.39, 0.29) is 27.2 Å². The van der Waals surface area contributed by atoms with Crippen LogP contribution < -0.4 is 5.32 Å². The number of hydrogen-bond donors (Lipinski definition) is 2. The van der Waals surface area contributed by atoms with Gasteiger partial charge in [-0.3, -0.25) is 14.9 Å². The predicted octanol–water partition coefficient (Wildman–Crippen LogP) is 3.25. The minimum Gasteiger partial charge on any atom is -0.506 e. The minimum atomic E-state index is -0.702. The zero-order chi connectivity index (χ0) is 15.6. The van der Waals surface area contributed by atoms with Crippen LogP contribution in [0, 0.1) is 10.1 Å². The summed E-state index contributed by atoms with van der Waals surface area (Å²) in [6, 6.07) is 6.08. The molecular weight excluding hydrogens is 321 g/mol. The Morgan fingerprint density at radius 2 is 2.00 bits per heavy atom. The Morgan fingerprint density at radius 3 is 2.62 bits per heavy atom. The Hall–Kier alpha value is -2.38. The first-order valence-corrected chi connectivity index (χ1v) is 6.25. The highest BCUT2D eigenvalue weighted by molar-refractivity contribution is 6.35. The second-order valence-electron chi connectivity index (χ2n) is 3.88. The second-order valence-corrected chi connectivity index (χ2v) is 4.67. The highest BCUT2D eigenvalue weighted by atomic mass is 35.5. The van der Waals surface area contributed by atoms with Crippen molar-refractivity contribution in [3.05, 3.63) is 56.3 Å². The van der Waals surface area contributed by atoms with E-state index < -0.39 is 16.6 Å². The number of phenols is 1. The van der Waals surface area contributed by atoms with Gasteiger partial charge in [0, 0.05) is 6.07 Å². The number of nitrogens with one attached hydrogen (secondary N) is 1. The van der Waals surface area contributed by atoms with Gasteiger partial charge in [0.05, 0.1) is 21.7 Å². The summed E-state index contributed by atoms with van der Waals surface area (Å²) in [6.45, 7) is 0. The zero-order valence-corrected chi connectivity index (χ0v) is 11.7. The first-order valence-electron chi connectivity index (χ1n) is 5.49. The SMILES string of the molecule is O=C(Nc1ccc([N+](=O)[O-])cc1O)c1nc(Cl)ccc1Cl. The smallest absolute Gasteiger partial charge is 0.275 e. The number of aromatic hydroxyl groups is 1. The number of carbonyl (C=O) groups is 1. The molecule has 1 amide bonds. The lowest BCUT2D eigenvalue weighted by Crippen LogP contribution is -2.14. The first-order chi connectivity index (χ1) is 9.88. The molecule has 0 aliphatic rings. The fourth-order valence-electron chi connectivity index (χ4n) is 1.50. The van der Waals surface area contributed by atoms with E-state index in [2.05, 4.69) is 10.3 Å². The van der Waals surface area contributed by atoms with Crippen LogP contribution in [0.4, 0.5) is 11.4 Å². The number of rotatable bonds is 3. The molecule has 1 heterocycles. The van der Waals surface area contributed by atoms with E-state index in [0.717, 1.165) is 12.1 Å². The molecule has 0 atom stereocenters. The van der Waals surface area contributed by atoms with Gasteiger partial charge in [0.1, 0.15) is 16.6 Å². The summed E-state index contributed by atoms with van der Waals surface area (Å²) >= 11 is 11.5. The molecule has 1 aromatic heterocycles. The monoisotopic (exact) mass is 327 g/mol. The van der Waals surface area contributed by atoms with Crippen LogP contribution in [0.1, 0.15) is 10.5 Å². The maximum atomic E-state index is 12.0. The molecule has 108 valence electrons. The van der Waals surface area contributed by atoms with Gasteiger partial charge in [-0.05, 0) is 18.2 Å². The highest BCUT2D eigenvalue weighted by Gasteiger charge is 2.16. The Balaban J connectivity index is 2.27. The summed E-state index contributed by atoms with van der Waals surface area (Å²) < 4.78 is 0. The van der Waals surface area contributed by atoms with E-state index in [9.17, 15) is 20.0 Å². The van der Waals surface area contributed by atoms with Crippen LogP contribution in [-0.4, -0.2) is 20.9 Å². The van der Waals surface area contributed by atoms with Crippen molar-refractivity contribution in [2.45, 2.75) is 0 Å². The maximum absolute atomic E-state index is 12.0. The lowest BCUT2D eigenvalue weighted by Gasteiger charge is -2.08. The molecule has 0 radical (unpaired) electrons. The number of hydrogen-bond acceptors (Lipinski definition) is 5. The number of amides is 1. The summed E-state index contributed by atoms with van der Waals surface area (Å²) in [5.41, 5.74) is -0.435. The molecule has 0 saturated heterocycles. The number of nitrogens with zero attached hydrogens (tertiary/aromatic N) is 2. The Kier molecular flexibility index (Phi) is 4.25. The van der Waals surface area contributed by atoms with Crippen molar-refractivity contribution in [1.82, 2.24) is 4.98 Å². The Bertz CT molecular complexity index is 736. The summed E-state index contributed by atoms with van der Waals surface area (Å²) in [5.74, 6) is -1.15. The van der Waals surface area contributed by atoms with Crippen molar-refractivity contribution >= 4 is 40.5 Å². The fraction of sp³-hybridized carbons (Fsp3) is 0. The van der Waals surface area contributed by atoms with Crippen molar-refractivity contribution in [3.63, 3.8) is 0 Å². The summed E-state index contributed by atoms with van der Waals surface area (Å²) in [4.78, 5) is 25.7. The van der Waals surface area contributed by atoms with Gasteiger partial charge < -0.3 is 10.4 Å². The van der Waals surface area contributed by atoms with Crippen LogP contribution in [0.2, 0.25) is 10.2 Å². The van der Waals surface area contributed by atoms with Gasteiger partial charge in [0.25, 0.3) is 11.6 Å². The first kappa shape index (κ1) is 15.0. The number of anilines is 1. The number of benzene rings is 1. The molecule has 1 aromatic carbocycles. The summed E-state index contributed by atoms with van der Waals surface area (Å²) in [7, 11) is 0. The van der Waals surface area contributed by atoms with E-state index in [1.165, 1.54) is 18.2 Å².